The van der Waals surface area contributed by atoms with E-state index in [0.29, 0.717) is 16.7 Å². The van der Waals surface area contributed by atoms with Crippen molar-refractivity contribution >= 4 is 11.6 Å². The summed E-state index contributed by atoms with van der Waals surface area (Å²) in [6.45, 7) is -0.170. The molecule has 0 saturated heterocycles. The molecule has 0 amide bonds. The molecule has 5 heteroatoms. The van der Waals surface area contributed by atoms with Gasteiger partial charge in [0.25, 0.3) is 0 Å². The van der Waals surface area contributed by atoms with Crippen LogP contribution < -0.4 is 4.74 Å². The van der Waals surface area contributed by atoms with Crippen molar-refractivity contribution in [2.24, 2.45) is 7.05 Å². The predicted molar refractivity (Wildman–Crippen MR) is 66.1 cm³/mol. The van der Waals surface area contributed by atoms with Gasteiger partial charge in [-0.25, -0.2) is 4.98 Å². The maximum Gasteiger partial charge on any atom is 0.141 e. The molecule has 0 radical (unpaired) electrons. The Morgan fingerprint density at radius 1 is 1.47 bits per heavy atom. The molecule has 4 nitrogen and oxygen atoms in total. The monoisotopic (exact) mass is 252 g/mol. The topological polar surface area (TPSA) is 47.3 Å². The van der Waals surface area contributed by atoms with Crippen LogP contribution in [-0.2, 0) is 13.7 Å². The van der Waals surface area contributed by atoms with Crippen molar-refractivity contribution in [3.63, 3.8) is 0 Å². The van der Waals surface area contributed by atoms with E-state index in [9.17, 15) is 0 Å². The van der Waals surface area contributed by atoms with Gasteiger partial charge in [0.2, 0.25) is 0 Å². The zero-order valence-electron chi connectivity index (χ0n) is 9.64. The largest absolute Gasteiger partial charge is 0.497 e. The van der Waals surface area contributed by atoms with Crippen LogP contribution in [0.15, 0.2) is 24.3 Å². The zero-order valence-corrected chi connectivity index (χ0v) is 10.4. The second-order valence-electron chi connectivity index (χ2n) is 3.62. The summed E-state index contributed by atoms with van der Waals surface area (Å²) in [5.41, 5.74) is 1.38. The van der Waals surface area contributed by atoms with Crippen LogP contribution >= 0.6 is 11.6 Å². The number of rotatable bonds is 3. The first-order valence-corrected chi connectivity index (χ1v) is 5.51. The van der Waals surface area contributed by atoms with E-state index in [4.69, 9.17) is 21.4 Å². The molecule has 0 fully saturated rings. The van der Waals surface area contributed by atoms with E-state index in [0.717, 1.165) is 11.3 Å². The van der Waals surface area contributed by atoms with E-state index in [1.54, 1.807) is 11.7 Å². The molecule has 1 aromatic heterocycles. The highest BCUT2D eigenvalue weighted by atomic mass is 35.5. The molecule has 2 rings (SSSR count). The Balaban J connectivity index is 2.52. The molecule has 17 heavy (non-hydrogen) atoms. The minimum absolute atomic E-state index is 0.170. The summed E-state index contributed by atoms with van der Waals surface area (Å²) >= 11 is 6.05. The minimum atomic E-state index is -0.170. The SMILES string of the molecule is COc1cccc(-c2nc(CO)c(Cl)n2C)c1. The highest BCUT2D eigenvalue weighted by Gasteiger charge is 2.13. The maximum absolute atomic E-state index is 9.12. The molecule has 0 aliphatic heterocycles. The Morgan fingerprint density at radius 3 is 2.82 bits per heavy atom. The van der Waals surface area contributed by atoms with E-state index in [-0.39, 0.29) is 6.61 Å². The van der Waals surface area contributed by atoms with Gasteiger partial charge < -0.3 is 14.4 Å². The average Bonchev–Trinajstić information content (AvgIpc) is 2.66. The smallest absolute Gasteiger partial charge is 0.141 e. The van der Waals surface area contributed by atoms with Gasteiger partial charge in [0.1, 0.15) is 22.4 Å². The van der Waals surface area contributed by atoms with E-state index < -0.39 is 0 Å². The molecule has 0 aliphatic rings. The van der Waals surface area contributed by atoms with Crippen LogP contribution in [0.25, 0.3) is 11.4 Å². The molecule has 2 aromatic rings. The second-order valence-corrected chi connectivity index (χ2v) is 3.98. The summed E-state index contributed by atoms with van der Waals surface area (Å²) in [5.74, 6) is 1.46. The average molecular weight is 253 g/mol. The third-order valence-corrected chi connectivity index (χ3v) is 3.04. The predicted octanol–water partition coefficient (Wildman–Crippen LogP) is 2.24. The summed E-state index contributed by atoms with van der Waals surface area (Å²) in [6, 6.07) is 7.54. The van der Waals surface area contributed by atoms with Gasteiger partial charge >= 0.3 is 0 Å². The van der Waals surface area contributed by atoms with Crippen molar-refractivity contribution in [1.82, 2.24) is 9.55 Å². The van der Waals surface area contributed by atoms with Crippen LogP contribution in [0, 0.1) is 0 Å². The summed E-state index contributed by atoms with van der Waals surface area (Å²) in [4.78, 5) is 4.30. The van der Waals surface area contributed by atoms with Crippen molar-refractivity contribution in [2.45, 2.75) is 6.61 Å². The number of aliphatic hydroxyl groups excluding tert-OH is 1. The number of methoxy groups -OCH3 is 1. The number of imidazole rings is 1. The molecule has 1 heterocycles. The van der Waals surface area contributed by atoms with Crippen molar-refractivity contribution in [3.05, 3.63) is 35.1 Å². The number of benzene rings is 1. The number of ether oxygens (including phenoxy) is 1. The molecular weight excluding hydrogens is 240 g/mol. The molecular formula is C12H13ClN2O2. The molecule has 1 aromatic carbocycles. The number of aromatic nitrogens is 2. The van der Waals surface area contributed by atoms with Crippen molar-refractivity contribution in [3.8, 4) is 17.1 Å². The zero-order chi connectivity index (χ0) is 12.4. The quantitative estimate of drug-likeness (QED) is 0.911. The standard InChI is InChI=1S/C12H13ClN2O2/c1-15-11(13)10(7-16)14-12(15)8-4-3-5-9(6-8)17-2/h3-6,16H,7H2,1-2H3. The van der Waals surface area contributed by atoms with Crippen LogP contribution in [0.2, 0.25) is 5.15 Å². The van der Waals surface area contributed by atoms with Crippen LogP contribution in [0.5, 0.6) is 5.75 Å². The Kier molecular flexibility index (Phi) is 3.36. The third kappa shape index (κ3) is 2.14. The van der Waals surface area contributed by atoms with Gasteiger partial charge in [-0.05, 0) is 12.1 Å². The summed E-state index contributed by atoms with van der Waals surface area (Å²) in [7, 11) is 3.42. The number of hydrogen-bond donors (Lipinski definition) is 1. The lowest BCUT2D eigenvalue weighted by atomic mass is 10.2. The van der Waals surface area contributed by atoms with Gasteiger partial charge in [-0.1, -0.05) is 23.7 Å². The highest BCUT2D eigenvalue weighted by molar-refractivity contribution is 6.30. The van der Waals surface area contributed by atoms with Crippen LogP contribution in [0.4, 0.5) is 0 Å². The van der Waals surface area contributed by atoms with Crippen molar-refractivity contribution in [2.75, 3.05) is 7.11 Å². The first-order chi connectivity index (χ1) is 8.17. The summed E-state index contributed by atoms with van der Waals surface area (Å²) in [6.07, 6.45) is 0. The number of aliphatic hydroxyl groups is 1. The van der Waals surface area contributed by atoms with Crippen LogP contribution in [-0.4, -0.2) is 21.8 Å². The Morgan fingerprint density at radius 2 is 2.24 bits per heavy atom. The van der Waals surface area contributed by atoms with Gasteiger partial charge in [-0.15, -0.1) is 0 Å². The first kappa shape index (κ1) is 12.0. The lowest BCUT2D eigenvalue weighted by Crippen LogP contribution is -1.93. The number of hydrogen-bond acceptors (Lipinski definition) is 3. The van der Waals surface area contributed by atoms with E-state index in [2.05, 4.69) is 4.98 Å². The fourth-order valence-electron chi connectivity index (χ4n) is 1.66. The van der Waals surface area contributed by atoms with Crippen molar-refractivity contribution in [1.29, 1.82) is 0 Å². The van der Waals surface area contributed by atoms with E-state index in [1.165, 1.54) is 0 Å². The van der Waals surface area contributed by atoms with Crippen molar-refractivity contribution < 1.29 is 9.84 Å². The van der Waals surface area contributed by atoms with Crippen LogP contribution in [0.3, 0.4) is 0 Å². The molecule has 0 aliphatic carbocycles. The minimum Gasteiger partial charge on any atom is -0.497 e. The maximum atomic E-state index is 9.12. The van der Waals surface area contributed by atoms with Gasteiger partial charge in [0.15, 0.2) is 0 Å². The summed E-state index contributed by atoms with van der Waals surface area (Å²) < 4.78 is 6.90. The molecule has 0 unspecified atom stereocenters. The lowest BCUT2D eigenvalue weighted by molar-refractivity contribution is 0.277. The van der Waals surface area contributed by atoms with Crippen LogP contribution in [0.1, 0.15) is 5.69 Å². The normalized spacial score (nSPS) is 10.6. The molecule has 0 atom stereocenters. The second kappa shape index (κ2) is 4.77. The fourth-order valence-corrected chi connectivity index (χ4v) is 1.84. The van der Waals surface area contributed by atoms with Gasteiger partial charge in [0, 0.05) is 12.6 Å². The lowest BCUT2D eigenvalue weighted by Gasteiger charge is -2.04. The Labute approximate surface area is 104 Å². The summed E-state index contributed by atoms with van der Waals surface area (Å²) in [5, 5.41) is 9.57. The molecule has 0 bridgehead atoms. The Hall–Kier alpha value is -1.52. The van der Waals surface area contributed by atoms with E-state index >= 15 is 0 Å². The first-order valence-electron chi connectivity index (χ1n) is 5.13. The highest BCUT2D eigenvalue weighted by Crippen LogP contribution is 2.27. The molecule has 0 saturated carbocycles. The molecule has 0 spiro atoms. The van der Waals surface area contributed by atoms with Gasteiger partial charge in [-0.2, -0.15) is 0 Å². The number of halogens is 1. The molecule has 90 valence electrons. The number of nitrogens with zero attached hydrogens (tertiary/aromatic N) is 2. The Bertz CT molecular complexity index is 537. The van der Waals surface area contributed by atoms with Gasteiger partial charge in [-0.3, -0.25) is 0 Å². The van der Waals surface area contributed by atoms with Gasteiger partial charge in [0.05, 0.1) is 13.7 Å². The molecule has 1 N–H and O–H groups in total. The fraction of sp³-hybridized carbons (Fsp3) is 0.250. The third-order valence-electron chi connectivity index (χ3n) is 2.57. The van der Waals surface area contributed by atoms with E-state index in [1.807, 2.05) is 31.3 Å².